The average Bonchev–Trinajstić information content (AvgIpc) is 2.63. The second-order valence-electron chi connectivity index (χ2n) is 6.21. The molecule has 0 saturated heterocycles. The molecule has 2 aromatic carbocycles. The Bertz CT molecular complexity index is 1030. The first-order valence-electron chi connectivity index (χ1n) is 8.24. The van der Waals surface area contributed by atoms with E-state index in [-0.39, 0.29) is 12.3 Å². The van der Waals surface area contributed by atoms with Crippen LogP contribution in [-0.2, 0) is 18.5 Å². The van der Waals surface area contributed by atoms with Gasteiger partial charge >= 0.3 is 5.69 Å². The number of benzene rings is 2. The van der Waals surface area contributed by atoms with Gasteiger partial charge in [-0.3, -0.25) is 0 Å². The van der Waals surface area contributed by atoms with Gasteiger partial charge in [0.05, 0.1) is 11.4 Å². The maximum absolute atomic E-state index is 12.0. The number of aryl methyl sites for hydroxylation is 2. The van der Waals surface area contributed by atoms with Crippen LogP contribution in [0.3, 0.4) is 0 Å². The fourth-order valence-electron chi connectivity index (χ4n) is 2.82. The number of aromatic amines is 1. The summed E-state index contributed by atoms with van der Waals surface area (Å²) in [5.74, 6) is 0. The van der Waals surface area contributed by atoms with E-state index in [1.54, 1.807) is 7.05 Å². The predicted molar refractivity (Wildman–Crippen MR) is 103 cm³/mol. The average molecular weight is 373 g/mol. The van der Waals surface area contributed by atoms with E-state index in [0.29, 0.717) is 5.02 Å². The third-order valence-corrected chi connectivity index (χ3v) is 4.83. The molecule has 0 amide bonds. The molecule has 136 valence electrons. The quantitative estimate of drug-likeness (QED) is 0.548. The number of hydrogen-bond acceptors (Lipinski definition) is 3. The molecule has 1 heterocycles. The standard InChI is InChI=1S/C19H21ClN4O2/c1-12-7-5-10-18(24-19(25)23(4)22-24)16(12)11-26-21-14(3)15-8-6-9-17(20)13(15)2/h5-10,22H,11H2,1-4H3/b21-14+. The molecule has 0 bridgehead atoms. The molecule has 0 radical (unpaired) electrons. The number of oxime groups is 1. The van der Waals surface area contributed by atoms with Crippen molar-refractivity contribution in [1.82, 2.24) is 14.6 Å². The van der Waals surface area contributed by atoms with Crippen LogP contribution in [0, 0.1) is 13.8 Å². The van der Waals surface area contributed by atoms with Gasteiger partial charge in [-0.2, -0.15) is 4.68 Å². The monoisotopic (exact) mass is 372 g/mol. The number of H-pyrrole nitrogens is 1. The molecular formula is C19H21ClN4O2. The summed E-state index contributed by atoms with van der Waals surface area (Å²) in [4.78, 5) is 17.6. The fraction of sp³-hybridized carbons (Fsp3) is 0.263. The zero-order valence-corrected chi connectivity index (χ0v) is 16.0. The van der Waals surface area contributed by atoms with E-state index in [9.17, 15) is 4.79 Å². The first-order chi connectivity index (χ1) is 12.4. The molecule has 0 aliphatic heterocycles. The Morgan fingerprint density at radius 2 is 1.96 bits per heavy atom. The molecule has 0 saturated carbocycles. The third kappa shape index (κ3) is 3.32. The van der Waals surface area contributed by atoms with Crippen LogP contribution in [0.15, 0.2) is 46.3 Å². The molecule has 1 aromatic heterocycles. The molecule has 3 rings (SSSR count). The molecule has 0 fully saturated rings. The van der Waals surface area contributed by atoms with E-state index in [1.807, 2.05) is 57.2 Å². The highest BCUT2D eigenvalue weighted by Gasteiger charge is 2.14. The highest BCUT2D eigenvalue weighted by Crippen LogP contribution is 2.21. The van der Waals surface area contributed by atoms with Crippen molar-refractivity contribution in [2.45, 2.75) is 27.4 Å². The van der Waals surface area contributed by atoms with E-state index in [1.165, 1.54) is 9.36 Å². The van der Waals surface area contributed by atoms with Crippen molar-refractivity contribution < 1.29 is 4.84 Å². The van der Waals surface area contributed by atoms with Gasteiger partial charge in [-0.25, -0.2) is 14.7 Å². The van der Waals surface area contributed by atoms with Gasteiger partial charge in [-0.05, 0) is 44.0 Å². The van der Waals surface area contributed by atoms with Crippen molar-refractivity contribution in [2.75, 3.05) is 0 Å². The fourth-order valence-corrected chi connectivity index (χ4v) is 3.00. The van der Waals surface area contributed by atoms with Crippen LogP contribution >= 0.6 is 11.6 Å². The molecule has 6 nitrogen and oxygen atoms in total. The van der Waals surface area contributed by atoms with Crippen molar-refractivity contribution in [3.63, 3.8) is 0 Å². The van der Waals surface area contributed by atoms with Gasteiger partial charge in [0, 0.05) is 23.2 Å². The van der Waals surface area contributed by atoms with Gasteiger partial charge in [0.2, 0.25) is 0 Å². The van der Waals surface area contributed by atoms with E-state index in [2.05, 4.69) is 10.4 Å². The summed E-state index contributed by atoms with van der Waals surface area (Å²) in [5, 5.41) is 7.86. The van der Waals surface area contributed by atoms with Crippen LogP contribution < -0.4 is 5.69 Å². The summed E-state index contributed by atoms with van der Waals surface area (Å²) in [6.07, 6.45) is 0. The summed E-state index contributed by atoms with van der Waals surface area (Å²) >= 11 is 6.17. The summed E-state index contributed by atoms with van der Waals surface area (Å²) in [6.45, 7) is 6.07. The normalized spacial score (nSPS) is 11.8. The highest BCUT2D eigenvalue weighted by atomic mass is 35.5. The first-order valence-corrected chi connectivity index (χ1v) is 8.62. The number of halogens is 1. The second-order valence-corrected chi connectivity index (χ2v) is 6.62. The number of nitrogens with one attached hydrogen (secondary N) is 1. The minimum absolute atomic E-state index is 0.119. The van der Waals surface area contributed by atoms with Crippen LogP contribution in [0.25, 0.3) is 5.69 Å². The summed E-state index contributed by atoms with van der Waals surface area (Å²) in [5.41, 5.74) is 5.24. The number of hydrogen-bond donors (Lipinski definition) is 1. The molecule has 0 atom stereocenters. The molecule has 0 unspecified atom stereocenters. The minimum Gasteiger partial charge on any atom is -0.391 e. The molecule has 1 N–H and O–H groups in total. The number of rotatable bonds is 5. The summed E-state index contributed by atoms with van der Waals surface area (Å²) < 4.78 is 2.90. The Balaban J connectivity index is 1.84. The smallest absolute Gasteiger partial charge is 0.364 e. The molecule has 0 aliphatic rings. The van der Waals surface area contributed by atoms with Crippen molar-refractivity contribution in [3.05, 3.63) is 74.2 Å². The Kier molecular flexibility index (Phi) is 5.04. The number of aromatic nitrogens is 3. The molecule has 0 aliphatic carbocycles. The Morgan fingerprint density at radius 1 is 1.23 bits per heavy atom. The summed E-state index contributed by atoms with van der Waals surface area (Å²) in [6, 6.07) is 11.5. The molecular weight excluding hydrogens is 352 g/mol. The lowest BCUT2D eigenvalue weighted by atomic mass is 10.1. The third-order valence-electron chi connectivity index (χ3n) is 4.42. The van der Waals surface area contributed by atoms with E-state index in [0.717, 1.165) is 33.7 Å². The van der Waals surface area contributed by atoms with E-state index < -0.39 is 0 Å². The van der Waals surface area contributed by atoms with Gasteiger partial charge in [-0.15, -0.1) is 0 Å². The topological polar surface area (TPSA) is 64.3 Å². The van der Waals surface area contributed by atoms with Crippen molar-refractivity contribution >= 4 is 17.3 Å². The van der Waals surface area contributed by atoms with Crippen molar-refractivity contribution in [1.29, 1.82) is 0 Å². The van der Waals surface area contributed by atoms with Crippen LogP contribution in [0.1, 0.15) is 29.2 Å². The lowest BCUT2D eigenvalue weighted by Gasteiger charge is -2.17. The van der Waals surface area contributed by atoms with Gasteiger partial charge in [-0.1, -0.05) is 41.0 Å². The second kappa shape index (κ2) is 7.25. The summed E-state index contributed by atoms with van der Waals surface area (Å²) in [7, 11) is 1.67. The van der Waals surface area contributed by atoms with Gasteiger partial charge < -0.3 is 4.84 Å². The Hall–Kier alpha value is -2.73. The van der Waals surface area contributed by atoms with Crippen molar-refractivity contribution in [3.8, 4) is 5.69 Å². The first kappa shape index (κ1) is 18.1. The predicted octanol–water partition coefficient (Wildman–Crippen LogP) is 3.72. The molecule has 3 aromatic rings. The number of nitrogens with zero attached hydrogens (tertiary/aromatic N) is 3. The van der Waals surface area contributed by atoms with Crippen LogP contribution in [-0.4, -0.2) is 20.3 Å². The van der Waals surface area contributed by atoms with Crippen LogP contribution in [0.5, 0.6) is 0 Å². The minimum atomic E-state index is -0.119. The lowest BCUT2D eigenvalue weighted by molar-refractivity contribution is 0.129. The van der Waals surface area contributed by atoms with E-state index >= 15 is 0 Å². The van der Waals surface area contributed by atoms with Gasteiger partial charge in [0.15, 0.2) is 0 Å². The maximum Gasteiger partial charge on any atom is 0.364 e. The highest BCUT2D eigenvalue weighted by molar-refractivity contribution is 6.31. The largest absolute Gasteiger partial charge is 0.391 e. The zero-order valence-electron chi connectivity index (χ0n) is 15.2. The maximum atomic E-state index is 12.0. The molecule has 7 heteroatoms. The van der Waals surface area contributed by atoms with Crippen LogP contribution in [0.4, 0.5) is 0 Å². The molecule has 0 spiro atoms. The molecule has 26 heavy (non-hydrogen) atoms. The van der Waals surface area contributed by atoms with E-state index in [4.69, 9.17) is 16.4 Å². The van der Waals surface area contributed by atoms with Gasteiger partial charge in [0.25, 0.3) is 0 Å². The Morgan fingerprint density at radius 3 is 2.65 bits per heavy atom. The SMILES string of the molecule is C/C(=N\OCc1c(C)cccc1-n1[nH]n(C)c1=O)c1cccc(Cl)c1C. The Labute approximate surface area is 156 Å². The van der Waals surface area contributed by atoms with Crippen molar-refractivity contribution in [2.24, 2.45) is 12.2 Å². The van der Waals surface area contributed by atoms with Gasteiger partial charge in [0.1, 0.15) is 6.61 Å². The lowest BCUT2D eigenvalue weighted by Crippen LogP contribution is -2.40. The zero-order chi connectivity index (χ0) is 18.8. The van der Waals surface area contributed by atoms with Crippen LogP contribution in [0.2, 0.25) is 5.02 Å².